The van der Waals surface area contributed by atoms with E-state index in [4.69, 9.17) is 13.9 Å². The summed E-state index contributed by atoms with van der Waals surface area (Å²) in [6.45, 7) is 4.37. The van der Waals surface area contributed by atoms with Crippen molar-refractivity contribution in [1.82, 2.24) is 19.8 Å². The number of nitrogens with zero attached hydrogens (tertiary/aromatic N) is 3. The van der Waals surface area contributed by atoms with Crippen LogP contribution in [-0.2, 0) is 30.9 Å². The van der Waals surface area contributed by atoms with E-state index < -0.39 is 27.9 Å². The molecule has 12 heteroatoms. The predicted octanol–water partition coefficient (Wildman–Crippen LogP) is 2.26. The third kappa shape index (κ3) is 6.40. The number of amides is 1. The zero-order valence-corrected chi connectivity index (χ0v) is 21.3. The van der Waals surface area contributed by atoms with Crippen LogP contribution in [0.2, 0.25) is 0 Å². The first-order chi connectivity index (χ1) is 17.8. The Morgan fingerprint density at radius 3 is 2.49 bits per heavy atom. The molecule has 11 nitrogen and oxygen atoms in total. The Morgan fingerprint density at radius 2 is 1.78 bits per heavy atom. The predicted molar refractivity (Wildman–Crippen MR) is 132 cm³/mol. The van der Waals surface area contributed by atoms with Gasteiger partial charge in [-0.15, -0.1) is 10.2 Å². The summed E-state index contributed by atoms with van der Waals surface area (Å²) in [5, 5.41) is 10.5. The summed E-state index contributed by atoms with van der Waals surface area (Å²) in [7, 11) is -3.78. The molecule has 2 heterocycles. The van der Waals surface area contributed by atoms with E-state index >= 15 is 0 Å². The highest BCUT2D eigenvalue weighted by Gasteiger charge is 2.29. The molecule has 3 aromatic rings. The van der Waals surface area contributed by atoms with Crippen molar-refractivity contribution in [3.8, 4) is 11.5 Å². The van der Waals surface area contributed by atoms with E-state index in [1.54, 1.807) is 13.8 Å². The highest BCUT2D eigenvalue weighted by atomic mass is 32.2. The van der Waals surface area contributed by atoms with Gasteiger partial charge < -0.3 is 19.2 Å². The number of carbonyl (C=O) groups is 2. The molecule has 1 unspecified atom stereocenters. The average Bonchev–Trinajstić information content (AvgIpc) is 3.40. The second-order valence-electron chi connectivity index (χ2n) is 8.71. The van der Waals surface area contributed by atoms with Crippen molar-refractivity contribution in [2.75, 3.05) is 26.3 Å². The first kappa shape index (κ1) is 26.5. The molecular weight excluding hydrogens is 500 g/mol. The second kappa shape index (κ2) is 11.6. The molecule has 4 rings (SSSR count). The molecule has 0 radical (unpaired) electrons. The molecule has 0 bridgehead atoms. The molecule has 0 spiro atoms. The molecule has 1 fully saturated rings. The van der Waals surface area contributed by atoms with E-state index in [-0.39, 0.29) is 42.0 Å². The Balaban J connectivity index is 1.40. The zero-order valence-electron chi connectivity index (χ0n) is 20.5. The third-order valence-electron chi connectivity index (χ3n) is 5.74. The molecule has 1 aliphatic heterocycles. The molecule has 1 amide bonds. The number of carbonyl (C=O) groups excluding carboxylic acids is 2. The van der Waals surface area contributed by atoms with Gasteiger partial charge in [-0.3, -0.25) is 4.79 Å². The summed E-state index contributed by atoms with van der Waals surface area (Å²) in [4.78, 5) is 25.8. The number of benzene rings is 2. The standard InChI is InChI=1S/C25H28N4O7S/c1-17(2)22(25(31)35-16-21-27-28-24(36-21)18-7-4-3-5-8-18)26-23(30)19-9-6-10-20(15-19)37(32,33)29-11-13-34-14-12-29/h3-10,15,17,22H,11-14,16H2,1-2H3,(H,26,30). The van der Waals surface area contributed by atoms with Crippen LogP contribution in [0.5, 0.6) is 0 Å². The van der Waals surface area contributed by atoms with E-state index in [1.165, 1.54) is 28.6 Å². The number of morpholine rings is 1. The van der Waals surface area contributed by atoms with Crippen molar-refractivity contribution < 1.29 is 31.9 Å². The molecule has 1 aliphatic rings. The Bertz CT molecular complexity index is 1340. The van der Waals surface area contributed by atoms with Gasteiger partial charge in [0, 0.05) is 24.2 Å². The maximum Gasteiger partial charge on any atom is 0.329 e. The van der Waals surface area contributed by atoms with E-state index in [0.29, 0.717) is 19.1 Å². The van der Waals surface area contributed by atoms with Gasteiger partial charge in [-0.25, -0.2) is 13.2 Å². The van der Waals surface area contributed by atoms with Crippen molar-refractivity contribution in [2.24, 2.45) is 5.92 Å². The van der Waals surface area contributed by atoms with Gasteiger partial charge in [0.25, 0.3) is 11.8 Å². The summed E-state index contributed by atoms with van der Waals surface area (Å²) in [6, 6.07) is 13.9. The van der Waals surface area contributed by atoms with Crippen LogP contribution in [-0.4, -0.2) is 67.1 Å². The zero-order chi connectivity index (χ0) is 26.4. The minimum Gasteiger partial charge on any atom is -0.454 e. The van der Waals surface area contributed by atoms with Gasteiger partial charge in [-0.1, -0.05) is 38.1 Å². The fraction of sp³-hybridized carbons (Fsp3) is 0.360. The Morgan fingerprint density at radius 1 is 1.05 bits per heavy atom. The molecule has 196 valence electrons. The molecule has 0 saturated carbocycles. The lowest BCUT2D eigenvalue weighted by Crippen LogP contribution is -2.45. The van der Waals surface area contributed by atoms with E-state index in [9.17, 15) is 18.0 Å². The number of hydrogen-bond donors (Lipinski definition) is 1. The van der Waals surface area contributed by atoms with Crippen molar-refractivity contribution >= 4 is 21.9 Å². The van der Waals surface area contributed by atoms with Crippen LogP contribution in [0.3, 0.4) is 0 Å². The fourth-order valence-electron chi connectivity index (χ4n) is 3.69. The first-order valence-corrected chi connectivity index (χ1v) is 13.2. The van der Waals surface area contributed by atoms with Gasteiger partial charge in [-0.05, 0) is 36.2 Å². The maximum atomic E-state index is 13.0. The van der Waals surface area contributed by atoms with Crippen LogP contribution < -0.4 is 5.32 Å². The van der Waals surface area contributed by atoms with E-state index in [2.05, 4.69) is 15.5 Å². The van der Waals surface area contributed by atoms with Crippen molar-refractivity contribution in [3.63, 3.8) is 0 Å². The van der Waals surface area contributed by atoms with Crippen LogP contribution in [0.1, 0.15) is 30.1 Å². The normalized spacial score (nSPS) is 15.3. The third-order valence-corrected chi connectivity index (χ3v) is 7.63. The van der Waals surface area contributed by atoms with E-state index in [0.717, 1.165) is 5.56 Å². The van der Waals surface area contributed by atoms with Crippen molar-refractivity contribution in [1.29, 1.82) is 0 Å². The molecule has 1 N–H and O–H groups in total. The summed E-state index contributed by atoms with van der Waals surface area (Å²) >= 11 is 0. The number of rotatable bonds is 9. The van der Waals surface area contributed by atoms with Crippen molar-refractivity contribution in [2.45, 2.75) is 31.4 Å². The van der Waals surface area contributed by atoms with Crippen LogP contribution in [0, 0.1) is 5.92 Å². The molecule has 37 heavy (non-hydrogen) atoms. The molecule has 2 aromatic carbocycles. The summed E-state index contributed by atoms with van der Waals surface area (Å²) in [5.74, 6) is -1.17. The summed E-state index contributed by atoms with van der Waals surface area (Å²) < 4.78 is 43.3. The first-order valence-electron chi connectivity index (χ1n) is 11.8. The number of sulfonamides is 1. The van der Waals surface area contributed by atoms with Gasteiger partial charge in [0.15, 0.2) is 6.61 Å². The number of hydrogen-bond acceptors (Lipinski definition) is 9. The summed E-state index contributed by atoms with van der Waals surface area (Å²) in [5.41, 5.74) is 0.843. The van der Waals surface area contributed by atoms with Gasteiger partial charge in [0.2, 0.25) is 15.9 Å². The van der Waals surface area contributed by atoms with Crippen LogP contribution >= 0.6 is 0 Å². The highest BCUT2D eigenvalue weighted by molar-refractivity contribution is 7.89. The quantitative estimate of drug-likeness (QED) is 0.414. The van der Waals surface area contributed by atoms with Crippen LogP contribution in [0.25, 0.3) is 11.5 Å². The molecule has 1 saturated heterocycles. The number of esters is 1. The average molecular weight is 529 g/mol. The Kier molecular flexibility index (Phi) is 8.31. The van der Waals surface area contributed by atoms with Crippen molar-refractivity contribution in [3.05, 3.63) is 66.1 Å². The SMILES string of the molecule is CC(C)C(NC(=O)c1cccc(S(=O)(=O)N2CCOCC2)c1)C(=O)OCc1nnc(-c2ccccc2)o1. The van der Waals surface area contributed by atoms with Gasteiger partial charge in [0.05, 0.1) is 18.1 Å². The molecular formula is C25H28N4O7S. The van der Waals surface area contributed by atoms with Crippen LogP contribution in [0.15, 0.2) is 63.9 Å². The molecule has 1 aromatic heterocycles. The van der Waals surface area contributed by atoms with E-state index in [1.807, 2.05) is 30.3 Å². The molecule has 0 aliphatic carbocycles. The fourth-order valence-corrected chi connectivity index (χ4v) is 5.14. The minimum atomic E-state index is -3.78. The maximum absolute atomic E-state index is 13.0. The smallest absolute Gasteiger partial charge is 0.329 e. The largest absolute Gasteiger partial charge is 0.454 e. The van der Waals surface area contributed by atoms with Gasteiger partial charge >= 0.3 is 5.97 Å². The number of aromatic nitrogens is 2. The second-order valence-corrected chi connectivity index (χ2v) is 10.7. The highest BCUT2D eigenvalue weighted by Crippen LogP contribution is 2.20. The number of nitrogens with one attached hydrogen (secondary N) is 1. The lowest BCUT2D eigenvalue weighted by molar-refractivity contribution is -0.149. The topological polar surface area (TPSA) is 141 Å². The summed E-state index contributed by atoms with van der Waals surface area (Å²) in [6.07, 6.45) is 0. The Hall–Kier alpha value is -3.61. The lowest BCUT2D eigenvalue weighted by atomic mass is 10.0. The van der Waals surface area contributed by atoms with Crippen LogP contribution in [0.4, 0.5) is 0 Å². The lowest BCUT2D eigenvalue weighted by Gasteiger charge is -2.26. The number of ether oxygens (including phenoxy) is 2. The van der Waals surface area contributed by atoms with Gasteiger partial charge in [0.1, 0.15) is 6.04 Å². The minimum absolute atomic E-state index is 0.00339. The Labute approximate surface area is 214 Å². The molecule has 1 atom stereocenters. The van der Waals surface area contributed by atoms with Gasteiger partial charge in [-0.2, -0.15) is 4.31 Å². The monoisotopic (exact) mass is 528 g/mol.